The van der Waals surface area contributed by atoms with Crippen molar-refractivity contribution in [2.75, 3.05) is 18.8 Å². The van der Waals surface area contributed by atoms with Crippen molar-refractivity contribution in [3.8, 4) is 0 Å². The van der Waals surface area contributed by atoms with Gasteiger partial charge in [0.15, 0.2) is 0 Å². The van der Waals surface area contributed by atoms with E-state index < -0.39 is 4.92 Å². The SMILES string of the molecule is CN(C)Cc1ccc2cccc(NSc3ccc([N+](=O)[O-])cc3)c2n1. The predicted molar refractivity (Wildman–Crippen MR) is 102 cm³/mol. The minimum Gasteiger partial charge on any atom is -0.324 e. The summed E-state index contributed by atoms with van der Waals surface area (Å²) in [5.74, 6) is 0. The summed E-state index contributed by atoms with van der Waals surface area (Å²) in [5, 5.41) is 11.8. The third-order valence-electron chi connectivity index (χ3n) is 3.58. The van der Waals surface area contributed by atoms with E-state index >= 15 is 0 Å². The molecule has 1 N–H and O–H groups in total. The average molecular weight is 354 g/mol. The topological polar surface area (TPSA) is 71.3 Å². The Labute approximate surface area is 150 Å². The van der Waals surface area contributed by atoms with Crippen LogP contribution in [0.5, 0.6) is 0 Å². The highest BCUT2D eigenvalue weighted by Gasteiger charge is 2.07. The molecule has 1 aromatic heterocycles. The average Bonchev–Trinajstić information content (AvgIpc) is 2.59. The number of aromatic nitrogens is 1. The van der Waals surface area contributed by atoms with E-state index in [4.69, 9.17) is 4.98 Å². The molecule has 0 aliphatic rings. The molecule has 0 unspecified atom stereocenters. The molecule has 0 saturated carbocycles. The van der Waals surface area contributed by atoms with Crippen LogP contribution in [0.15, 0.2) is 59.5 Å². The Morgan fingerprint density at radius 2 is 1.88 bits per heavy atom. The van der Waals surface area contributed by atoms with Crippen LogP contribution in [-0.2, 0) is 6.54 Å². The number of nitrogens with one attached hydrogen (secondary N) is 1. The maximum absolute atomic E-state index is 10.7. The lowest BCUT2D eigenvalue weighted by molar-refractivity contribution is -0.384. The molecule has 0 fully saturated rings. The molecule has 0 amide bonds. The molecular weight excluding hydrogens is 336 g/mol. The van der Waals surface area contributed by atoms with Gasteiger partial charge in [0.1, 0.15) is 0 Å². The van der Waals surface area contributed by atoms with Gasteiger partial charge in [-0.3, -0.25) is 10.1 Å². The molecule has 0 aliphatic heterocycles. The highest BCUT2D eigenvalue weighted by atomic mass is 32.2. The standard InChI is InChI=1S/C18H18N4O2S/c1-21(2)12-14-7-6-13-4-3-5-17(18(13)19-14)20-25-16-10-8-15(9-11-16)22(23)24/h3-11,20H,12H2,1-2H3. The van der Waals surface area contributed by atoms with Crippen LogP contribution in [0.2, 0.25) is 0 Å². The Morgan fingerprint density at radius 3 is 2.56 bits per heavy atom. The first kappa shape index (κ1) is 17.2. The lowest BCUT2D eigenvalue weighted by Crippen LogP contribution is -2.11. The number of anilines is 1. The zero-order chi connectivity index (χ0) is 17.8. The van der Waals surface area contributed by atoms with Gasteiger partial charge in [-0.25, -0.2) is 4.98 Å². The third-order valence-corrected chi connectivity index (χ3v) is 4.41. The molecule has 0 atom stereocenters. The van der Waals surface area contributed by atoms with Crippen molar-refractivity contribution in [2.45, 2.75) is 11.4 Å². The molecule has 0 saturated heterocycles. The molecule has 0 bridgehead atoms. The molecule has 0 spiro atoms. The van der Waals surface area contributed by atoms with E-state index in [2.05, 4.69) is 15.7 Å². The summed E-state index contributed by atoms with van der Waals surface area (Å²) in [6, 6.07) is 16.6. The van der Waals surface area contributed by atoms with Crippen molar-refractivity contribution in [1.29, 1.82) is 0 Å². The smallest absolute Gasteiger partial charge is 0.269 e. The third kappa shape index (κ3) is 4.26. The Bertz CT molecular complexity index is 897. The van der Waals surface area contributed by atoms with Crippen molar-refractivity contribution in [3.63, 3.8) is 0 Å². The van der Waals surface area contributed by atoms with Crippen molar-refractivity contribution in [3.05, 3.63) is 70.4 Å². The maximum Gasteiger partial charge on any atom is 0.269 e. The molecule has 25 heavy (non-hydrogen) atoms. The number of fused-ring (bicyclic) bond motifs is 1. The number of nitrogens with zero attached hydrogens (tertiary/aromatic N) is 3. The number of non-ortho nitro benzene ring substituents is 1. The molecule has 128 valence electrons. The number of nitro benzene ring substituents is 1. The number of benzene rings is 2. The first-order valence-electron chi connectivity index (χ1n) is 7.73. The van der Waals surface area contributed by atoms with E-state index in [1.807, 2.05) is 38.4 Å². The van der Waals surface area contributed by atoms with Gasteiger partial charge in [0.05, 0.1) is 21.8 Å². The van der Waals surface area contributed by atoms with E-state index in [0.717, 1.165) is 33.7 Å². The predicted octanol–water partition coefficient (Wildman–Crippen LogP) is 4.32. The van der Waals surface area contributed by atoms with Crippen LogP contribution in [-0.4, -0.2) is 28.9 Å². The quantitative estimate of drug-likeness (QED) is 0.404. The number of hydrogen-bond acceptors (Lipinski definition) is 6. The molecule has 3 rings (SSSR count). The molecule has 0 aliphatic carbocycles. The molecule has 6 nitrogen and oxygen atoms in total. The van der Waals surface area contributed by atoms with E-state index in [-0.39, 0.29) is 5.69 Å². The summed E-state index contributed by atoms with van der Waals surface area (Å²) in [6.45, 7) is 0.778. The molecule has 3 aromatic rings. The Morgan fingerprint density at radius 1 is 1.12 bits per heavy atom. The lowest BCUT2D eigenvalue weighted by atomic mass is 10.2. The van der Waals surface area contributed by atoms with Crippen LogP contribution in [0.25, 0.3) is 10.9 Å². The largest absolute Gasteiger partial charge is 0.324 e. The summed E-state index contributed by atoms with van der Waals surface area (Å²) in [5.41, 5.74) is 2.93. The second-order valence-electron chi connectivity index (χ2n) is 5.87. The number of nitro groups is 1. The van der Waals surface area contributed by atoms with Gasteiger partial charge in [0.2, 0.25) is 0 Å². The minimum absolute atomic E-state index is 0.0875. The Kier molecular flexibility index (Phi) is 5.16. The molecule has 1 heterocycles. The normalized spacial score (nSPS) is 11.0. The van der Waals surface area contributed by atoms with Gasteiger partial charge in [0, 0.05) is 29.0 Å². The number of pyridine rings is 1. The fraction of sp³-hybridized carbons (Fsp3) is 0.167. The van der Waals surface area contributed by atoms with E-state index in [9.17, 15) is 10.1 Å². The summed E-state index contributed by atoms with van der Waals surface area (Å²) >= 11 is 1.41. The van der Waals surface area contributed by atoms with Crippen LogP contribution >= 0.6 is 11.9 Å². The number of hydrogen-bond donors (Lipinski definition) is 1. The summed E-state index contributed by atoms with van der Waals surface area (Å²) in [7, 11) is 4.03. The Hall–Kier alpha value is -2.64. The summed E-state index contributed by atoms with van der Waals surface area (Å²) < 4.78 is 3.30. The highest BCUT2D eigenvalue weighted by Crippen LogP contribution is 2.28. The van der Waals surface area contributed by atoms with Gasteiger partial charge in [-0.15, -0.1) is 0 Å². The lowest BCUT2D eigenvalue weighted by Gasteiger charge is -2.12. The second kappa shape index (κ2) is 7.50. The van der Waals surface area contributed by atoms with Crippen molar-refractivity contribution >= 4 is 34.2 Å². The van der Waals surface area contributed by atoms with Crippen molar-refractivity contribution < 1.29 is 4.92 Å². The minimum atomic E-state index is -0.400. The molecule has 2 aromatic carbocycles. The van der Waals surface area contributed by atoms with Gasteiger partial charge >= 0.3 is 0 Å². The number of rotatable bonds is 6. The number of para-hydroxylation sites is 1. The second-order valence-corrected chi connectivity index (χ2v) is 6.75. The first-order chi connectivity index (χ1) is 12.0. The molecule has 0 radical (unpaired) electrons. The van der Waals surface area contributed by atoms with Gasteiger partial charge in [-0.05, 0) is 50.3 Å². The van der Waals surface area contributed by atoms with Crippen LogP contribution in [0.3, 0.4) is 0 Å². The van der Waals surface area contributed by atoms with E-state index in [1.165, 1.54) is 24.1 Å². The highest BCUT2D eigenvalue weighted by molar-refractivity contribution is 8.00. The van der Waals surface area contributed by atoms with Gasteiger partial charge in [0.25, 0.3) is 5.69 Å². The fourth-order valence-electron chi connectivity index (χ4n) is 2.43. The van der Waals surface area contributed by atoms with Crippen molar-refractivity contribution in [2.24, 2.45) is 0 Å². The van der Waals surface area contributed by atoms with Crippen LogP contribution in [0, 0.1) is 10.1 Å². The van der Waals surface area contributed by atoms with Gasteiger partial charge < -0.3 is 9.62 Å². The van der Waals surface area contributed by atoms with E-state index in [0.29, 0.717) is 0 Å². The molecule has 7 heteroatoms. The van der Waals surface area contributed by atoms with Crippen LogP contribution < -0.4 is 4.72 Å². The van der Waals surface area contributed by atoms with Crippen LogP contribution in [0.4, 0.5) is 11.4 Å². The fourth-order valence-corrected chi connectivity index (χ4v) is 3.10. The first-order valence-corrected chi connectivity index (χ1v) is 8.55. The summed E-state index contributed by atoms with van der Waals surface area (Å²) in [6.07, 6.45) is 0. The zero-order valence-corrected chi connectivity index (χ0v) is 14.8. The van der Waals surface area contributed by atoms with E-state index in [1.54, 1.807) is 12.1 Å². The van der Waals surface area contributed by atoms with Crippen molar-refractivity contribution in [1.82, 2.24) is 9.88 Å². The van der Waals surface area contributed by atoms with Gasteiger partial charge in [-0.1, -0.05) is 18.2 Å². The Balaban J connectivity index is 1.81. The maximum atomic E-state index is 10.7. The monoisotopic (exact) mass is 354 g/mol. The zero-order valence-electron chi connectivity index (χ0n) is 14.0. The van der Waals surface area contributed by atoms with Crippen LogP contribution in [0.1, 0.15) is 5.69 Å². The van der Waals surface area contributed by atoms with Gasteiger partial charge in [-0.2, -0.15) is 0 Å². The summed E-state index contributed by atoms with van der Waals surface area (Å²) in [4.78, 5) is 18.1. The molecular formula is C18H18N4O2S.